The lowest BCUT2D eigenvalue weighted by molar-refractivity contribution is -0.137. The summed E-state index contributed by atoms with van der Waals surface area (Å²) in [4.78, 5) is 32.2. The number of carboxylic acid groups (broad SMARTS) is 1. The number of para-hydroxylation sites is 3. The van der Waals surface area contributed by atoms with Gasteiger partial charge in [0.25, 0.3) is 0 Å². The van der Waals surface area contributed by atoms with Crippen molar-refractivity contribution in [1.82, 2.24) is 9.47 Å². The van der Waals surface area contributed by atoms with Crippen LogP contribution in [0.1, 0.15) is 35.2 Å². The molecule has 0 unspecified atom stereocenters. The van der Waals surface area contributed by atoms with Gasteiger partial charge in [0.2, 0.25) is 0 Å². The largest absolute Gasteiger partial charge is 0.497 e. The van der Waals surface area contributed by atoms with Crippen LogP contribution in [0.2, 0.25) is 0 Å². The molecular weight excluding hydrogens is 644 g/mol. The Balaban J connectivity index is 1.18. The standard InChI is InChI=1S/C41H46N4O6/c1-42(31-16-18-32(49-2)19-17-31)36-20-15-30(41(48)34-29-45(22-8-14-40(46)47)35-11-5-4-10-33(34)35)28-39(36)51-27-9-21-43-23-25-44(26-24-43)37-12-6-7-13-38(37)50-3/h4-7,10-13,15-20,28-29H,8-9,14,21-27H2,1-3H3,(H,46,47). The lowest BCUT2D eigenvalue weighted by Gasteiger charge is -2.36. The summed E-state index contributed by atoms with van der Waals surface area (Å²) in [6.45, 7) is 5.68. The number of piperazine rings is 1. The molecule has 1 aliphatic heterocycles. The number of fused-ring (bicyclic) bond motifs is 1. The third-order valence-corrected chi connectivity index (χ3v) is 9.54. The Kier molecular flexibility index (Phi) is 11.4. The number of anilines is 3. The van der Waals surface area contributed by atoms with Gasteiger partial charge in [0.1, 0.15) is 17.2 Å². The summed E-state index contributed by atoms with van der Waals surface area (Å²) in [6, 6.07) is 29.4. The molecule has 0 amide bonds. The first-order valence-electron chi connectivity index (χ1n) is 17.5. The van der Waals surface area contributed by atoms with E-state index >= 15 is 0 Å². The van der Waals surface area contributed by atoms with Crippen molar-refractivity contribution in [1.29, 1.82) is 0 Å². The normalized spacial score (nSPS) is 13.3. The number of aromatic nitrogens is 1. The molecule has 266 valence electrons. The van der Waals surface area contributed by atoms with E-state index in [0.29, 0.717) is 36.4 Å². The quantitative estimate of drug-likeness (QED) is 0.0858. The number of benzene rings is 4. The molecule has 0 saturated carbocycles. The molecule has 10 nitrogen and oxygen atoms in total. The average Bonchev–Trinajstić information content (AvgIpc) is 3.54. The van der Waals surface area contributed by atoms with E-state index in [1.54, 1.807) is 14.2 Å². The number of rotatable bonds is 16. The molecule has 0 radical (unpaired) electrons. The molecular formula is C41H46N4O6. The van der Waals surface area contributed by atoms with Crippen LogP contribution in [-0.2, 0) is 11.3 Å². The molecule has 0 aliphatic carbocycles. The highest BCUT2D eigenvalue weighted by Gasteiger charge is 2.22. The summed E-state index contributed by atoms with van der Waals surface area (Å²) in [7, 11) is 5.35. The van der Waals surface area contributed by atoms with Crippen LogP contribution in [0.4, 0.5) is 17.1 Å². The van der Waals surface area contributed by atoms with E-state index in [-0.39, 0.29) is 12.2 Å². The first-order chi connectivity index (χ1) is 24.9. The number of aliphatic carboxylic acids is 1. The second kappa shape index (κ2) is 16.5. The van der Waals surface area contributed by atoms with E-state index in [1.165, 1.54) is 0 Å². The highest BCUT2D eigenvalue weighted by molar-refractivity contribution is 6.16. The van der Waals surface area contributed by atoms with Gasteiger partial charge in [0, 0.05) is 86.7 Å². The molecule has 0 bridgehead atoms. The summed E-state index contributed by atoms with van der Waals surface area (Å²) in [5.41, 5.74) is 4.94. The van der Waals surface area contributed by atoms with Crippen molar-refractivity contribution in [2.75, 3.05) is 70.4 Å². The number of aryl methyl sites for hydroxylation is 1. The Morgan fingerprint density at radius 2 is 1.55 bits per heavy atom. The summed E-state index contributed by atoms with van der Waals surface area (Å²) in [5, 5.41) is 9.99. The molecule has 1 aliphatic rings. The third-order valence-electron chi connectivity index (χ3n) is 9.54. The van der Waals surface area contributed by atoms with Gasteiger partial charge in [-0.25, -0.2) is 0 Å². The molecule has 1 fully saturated rings. The molecule has 5 aromatic rings. The smallest absolute Gasteiger partial charge is 0.303 e. The highest BCUT2D eigenvalue weighted by Crippen LogP contribution is 2.36. The molecule has 10 heteroatoms. The zero-order chi connectivity index (χ0) is 35.7. The van der Waals surface area contributed by atoms with Crippen molar-refractivity contribution in [3.05, 3.63) is 108 Å². The molecule has 2 heterocycles. The Bertz CT molecular complexity index is 1950. The summed E-state index contributed by atoms with van der Waals surface area (Å²) in [5.74, 6) is 1.36. The van der Waals surface area contributed by atoms with E-state index in [9.17, 15) is 9.59 Å². The molecule has 1 aromatic heterocycles. The van der Waals surface area contributed by atoms with Gasteiger partial charge < -0.3 is 33.7 Å². The van der Waals surface area contributed by atoms with Gasteiger partial charge in [0.05, 0.1) is 32.2 Å². The minimum Gasteiger partial charge on any atom is -0.497 e. The SMILES string of the molecule is COc1ccc(N(C)c2ccc(C(=O)c3cn(CCCC(=O)O)c4ccccc34)cc2OCCCN2CCN(c3ccccc3OC)CC2)cc1. The average molecular weight is 691 g/mol. The number of carbonyl (C=O) groups excluding carboxylic acids is 1. The second-order valence-corrected chi connectivity index (χ2v) is 12.7. The number of hydrogen-bond donors (Lipinski definition) is 1. The fraction of sp³-hybridized carbons (Fsp3) is 0.317. The monoisotopic (exact) mass is 690 g/mol. The number of ether oxygens (including phenoxy) is 3. The van der Waals surface area contributed by atoms with Gasteiger partial charge in [0.15, 0.2) is 5.78 Å². The predicted octanol–water partition coefficient (Wildman–Crippen LogP) is 7.11. The topological polar surface area (TPSA) is 96.7 Å². The zero-order valence-electron chi connectivity index (χ0n) is 29.6. The predicted molar refractivity (Wildman–Crippen MR) is 201 cm³/mol. The minimum atomic E-state index is -0.832. The number of nitrogens with zero attached hydrogens (tertiary/aromatic N) is 4. The fourth-order valence-electron chi connectivity index (χ4n) is 6.74. The van der Waals surface area contributed by atoms with Crippen molar-refractivity contribution in [2.45, 2.75) is 25.8 Å². The molecule has 1 saturated heterocycles. The van der Waals surface area contributed by atoms with Gasteiger partial charge in [-0.05, 0) is 73.5 Å². The molecule has 4 aromatic carbocycles. The second-order valence-electron chi connectivity index (χ2n) is 12.7. The van der Waals surface area contributed by atoms with Gasteiger partial charge >= 0.3 is 5.97 Å². The molecule has 1 N–H and O–H groups in total. The van der Waals surface area contributed by atoms with Gasteiger partial charge in [-0.2, -0.15) is 0 Å². The lowest BCUT2D eigenvalue weighted by Crippen LogP contribution is -2.46. The summed E-state index contributed by atoms with van der Waals surface area (Å²) >= 11 is 0. The number of methoxy groups -OCH3 is 2. The first kappa shape index (κ1) is 35.3. The Morgan fingerprint density at radius 1 is 0.804 bits per heavy atom. The molecule has 0 atom stereocenters. The van der Waals surface area contributed by atoms with Crippen molar-refractivity contribution in [2.24, 2.45) is 0 Å². The maximum absolute atomic E-state index is 14.1. The highest BCUT2D eigenvalue weighted by atomic mass is 16.5. The summed E-state index contributed by atoms with van der Waals surface area (Å²) in [6.07, 6.45) is 3.23. The van der Waals surface area contributed by atoms with Crippen molar-refractivity contribution < 1.29 is 28.9 Å². The minimum absolute atomic E-state index is 0.0682. The van der Waals surface area contributed by atoms with E-state index in [1.807, 2.05) is 103 Å². The number of hydrogen-bond acceptors (Lipinski definition) is 8. The van der Waals surface area contributed by atoms with E-state index in [2.05, 4.69) is 20.8 Å². The number of ketones is 1. The molecule has 51 heavy (non-hydrogen) atoms. The Hall–Kier alpha value is -5.48. The van der Waals surface area contributed by atoms with Crippen LogP contribution in [0.25, 0.3) is 10.9 Å². The first-order valence-corrected chi connectivity index (χ1v) is 17.5. The van der Waals surface area contributed by atoms with Crippen molar-refractivity contribution in [3.63, 3.8) is 0 Å². The van der Waals surface area contributed by atoms with Gasteiger partial charge in [-0.3, -0.25) is 14.5 Å². The Morgan fingerprint density at radius 3 is 2.29 bits per heavy atom. The lowest BCUT2D eigenvalue weighted by atomic mass is 10.0. The van der Waals surface area contributed by atoms with Crippen molar-refractivity contribution >= 4 is 39.7 Å². The van der Waals surface area contributed by atoms with Crippen molar-refractivity contribution in [3.8, 4) is 17.2 Å². The number of carbonyl (C=O) groups is 2. The fourth-order valence-corrected chi connectivity index (χ4v) is 6.74. The van der Waals surface area contributed by atoms with Crippen LogP contribution in [0.15, 0.2) is 97.2 Å². The van der Waals surface area contributed by atoms with Crippen LogP contribution in [0.3, 0.4) is 0 Å². The van der Waals surface area contributed by atoms with Crippen LogP contribution >= 0.6 is 0 Å². The molecule has 0 spiro atoms. The van der Waals surface area contributed by atoms with Crippen LogP contribution in [-0.4, -0.2) is 86.9 Å². The van der Waals surface area contributed by atoms with E-state index in [0.717, 1.165) is 78.6 Å². The van der Waals surface area contributed by atoms with E-state index < -0.39 is 5.97 Å². The van der Waals surface area contributed by atoms with Gasteiger partial charge in [-0.1, -0.05) is 30.3 Å². The number of carboxylic acids is 1. The zero-order valence-corrected chi connectivity index (χ0v) is 29.6. The maximum Gasteiger partial charge on any atom is 0.303 e. The van der Waals surface area contributed by atoms with Crippen LogP contribution < -0.4 is 24.0 Å². The van der Waals surface area contributed by atoms with Gasteiger partial charge in [-0.15, -0.1) is 0 Å². The van der Waals surface area contributed by atoms with Crippen LogP contribution in [0.5, 0.6) is 17.2 Å². The van der Waals surface area contributed by atoms with E-state index in [4.69, 9.17) is 19.3 Å². The Labute approximate surface area is 299 Å². The summed E-state index contributed by atoms with van der Waals surface area (Å²) < 4.78 is 19.4. The molecule has 6 rings (SSSR count). The maximum atomic E-state index is 14.1. The van der Waals surface area contributed by atoms with Crippen LogP contribution in [0, 0.1) is 0 Å². The third kappa shape index (κ3) is 8.29.